The summed E-state index contributed by atoms with van der Waals surface area (Å²) in [6.07, 6.45) is 8.68. The molecule has 3 aromatic rings. The molecule has 6 rings (SSSR count). The van der Waals surface area contributed by atoms with E-state index in [1.165, 1.54) is 0 Å². The van der Waals surface area contributed by atoms with Crippen molar-refractivity contribution in [2.24, 2.45) is 28.8 Å². The number of nitrogens with zero attached hydrogens (tertiary/aromatic N) is 3. The summed E-state index contributed by atoms with van der Waals surface area (Å²) in [4.78, 5) is 25.8. The predicted octanol–water partition coefficient (Wildman–Crippen LogP) is 5.14. The fourth-order valence-electron chi connectivity index (χ4n) is 5.46. The zero-order valence-corrected chi connectivity index (χ0v) is 18.5. The van der Waals surface area contributed by atoms with Gasteiger partial charge < -0.3 is 4.57 Å². The van der Waals surface area contributed by atoms with Crippen LogP contribution < -0.4 is 0 Å². The molecule has 7 heteroatoms. The number of rotatable bonds is 4. The Kier molecular flexibility index (Phi) is 4.52. The molecule has 1 saturated heterocycles. The summed E-state index contributed by atoms with van der Waals surface area (Å²) in [6, 6.07) is 13.6. The number of para-hydroxylation sites is 1. The fourth-order valence-corrected chi connectivity index (χ4v) is 5.78. The number of imide groups is 1. The summed E-state index contributed by atoms with van der Waals surface area (Å²) in [5.41, 5.74) is 2.89. The number of allylic oxidation sites excluding steroid dienone is 2. The Labute approximate surface area is 194 Å². The number of halogens is 2. The number of hydrazone groups is 1. The van der Waals surface area contributed by atoms with Gasteiger partial charge in [0.1, 0.15) is 0 Å². The van der Waals surface area contributed by atoms with Crippen LogP contribution in [0.2, 0.25) is 10.0 Å². The first kappa shape index (κ1) is 19.8. The van der Waals surface area contributed by atoms with E-state index in [2.05, 4.69) is 21.8 Å². The van der Waals surface area contributed by atoms with E-state index in [0.717, 1.165) is 33.5 Å². The minimum absolute atomic E-state index is 0.173. The number of carbonyl (C=O) groups excluding carboxylic acids is 2. The van der Waals surface area contributed by atoms with Crippen LogP contribution in [-0.4, -0.2) is 27.6 Å². The van der Waals surface area contributed by atoms with E-state index in [9.17, 15) is 9.59 Å². The van der Waals surface area contributed by atoms with Crippen LogP contribution in [0.4, 0.5) is 0 Å². The number of fused-ring (bicyclic) bond motifs is 6. The van der Waals surface area contributed by atoms with E-state index in [1.807, 2.05) is 42.6 Å². The average Bonchev–Trinajstić information content (AvgIpc) is 3.54. The first-order chi connectivity index (χ1) is 15.5. The Morgan fingerprint density at radius 1 is 0.969 bits per heavy atom. The van der Waals surface area contributed by atoms with Gasteiger partial charge in [0, 0.05) is 29.2 Å². The van der Waals surface area contributed by atoms with Crippen LogP contribution in [-0.2, 0) is 16.1 Å². The molecular formula is C25H19Cl2N3O2. The molecule has 2 aromatic carbocycles. The lowest BCUT2D eigenvalue weighted by Crippen LogP contribution is -2.28. The molecule has 3 aliphatic rings. The minimum atomic E-state index is -0.245. The smallest absolute Gasteiger partial charge is 0.254 e. The Hall–Kier alpha value is -2.89. The summed E-state index contributed by atoms with van der Waals surface area (Å²) in [5.74, 6) is -0.485. The zero-order chi connectivity index (χ0) is 22.0. The van der Waals surface area contributed by atoms with Gasteiger partial charge in [0.15, 0.2) is 0 Å². The molecule has 1 aliphatic heterocycles. The second-order valence-electron chi connectivity index (χ2n) is 8.71. The van der Waals surface area contributed by atoms with Crippen molar-refractivity contribution in [3.63, 3.8) is 0 Å². The van der Waals surface area contributed by atoms with Crippen LogP contribution in [0.1, 0.15) is 17.5 Å². The number of hydrogen-bond acceptors (Lipinski definition) is 3. The Balaban J connectivity index is 1.32. The van der Waals surface area contributed by atoms with Crippen molar-refractivity contribution in [2.75, 3.05) is 0 Å². The van der Waals surface area contributed by atoms with Crippen molar-refractivity contribution >= 4 is 52.1 Å². The van der Waals surface area contributed by atoms with Gasteiger partial charge in [-0.15, -0.1) is 0 Å². The maximum Gasteiger partial charge on any atom is 0.254 e. The molecule has 160 valence electrons. The van der Waals surface area contributed by atoms with Gasteiger partial charge >= 0.3 is 0 Å². The summed E-state index contributed by atoms with van der Waals surface area (Å²) in [5, 5.41) is 7.49. The molecule has 2 amide bonds. The number of hydrogen-bond donors (Lipinski definition) is 0. The fraction of sp³-hybridized carbons (Fsp3) is 0.240. The van der Waals surface area contributed by atoms with Crippen molar-refractivity contribution in [3.05, 3.63) is 82.0 Å². The highest BCUT2D eigenvalue weighted by Crippen LogP contribution is 2.52. The van der Waals surface area contributed by atoms with Gasteiger partial charge in [-0.1, -0.05) is 59.6 Å². The molecule has 0 N–H and O–H groups in total. The van der Waals surface area contributed by atoms with E-state index in [0.29, 0.717) is 16.6 Å². The second kappa shape index (κ2) is 7.32. The SMILES string of the molecule is O=C1C2C3C=CC(C3)C2C(=O)N1/N=C/c1cn(Cc2ccc(Cl)c(Cl)c2)c2ccccc12. The third kappa shape index (κ3) is 2.95. The van der Waals surface area contributed by atoms with Crippen molar-refractivity contribution < 1.29 is 9.59 Å². The molecule has 2 heterocycles. The van der Waals surface area contributed by atoms with E-state index < -0.39 is 0 Å². The highest BCUT2D eigenvalue weighted by Gasteiger charge is 2.59. The van der Waals surface area contributed by atoms with Crippen molar-refractivity contribution in [1.29, 1.82) is 0 Å². The number of benzene rings is 2. The maximum absolute atomic E-state index is 12.9. The van der Waals surface area contributed by atoms with Gasteiger partial charge in [0.2, 0.25) is 0 Å². The van der Waals surface area contributed by atoms with Gasteiger partial charge in [-0.2, -0.15) is 10.1 Å². The summed E-state index contributed by atoms with van der Waals surface area (Å²) >= 11 is 12.2. The average molecular weight is 464 g/mol. The summed E-state index contributed by atoms with van der Waals surface area (Å²) in [6.45, 7) is 0.603. The largest absolute Gasteiger partial charge is 0.342 e. The normalized spacial score (nSPS) is 26.2. The molecule has 4 unspecified atom stereocenters. The molecule has 32 heavy (non-hydrogen) atoms. The van der Waals surface area contributed by atoms with Crippen molar-refractivity contribution in [3.8, 4) is 0 Å². The van der Waals surface area contributed by atoms with Crippen LogP contribution in [0.15, 0.2) is 65.9 Å². The third-order valence-electron chi connectivity index (χ3n) is 6.92. The molecule has 2 aliphatic carbocycles. The Morgan fingerprint density at radius 2 is 1.69 bits per heavy atom. The Bertz CT molecular complexity index is 1310. The van der Waals surface area contributed by atoms with E-state index >= 15 is 0 Å². The standard InChI is InChI=1S/C25H19Cl2N3O2/c26-19-8-5-14(9-20(19)27)12-29-13-17(18-3-1-2-4-21(18)29)11-28-30-24(31)22-15-6-7-16(10-15)23(22)25(30)32/h1-9,11,13,15-16,22-23H,10,12H2/b28-11+. The number of carbonyl (C=O) groups is 2. The van der Waals surface area contributed by atoms with Crippen LogP contribution in [0, 0.1) is 23.7 Å². The molecule has 4 atom stereocenters. The van der Waals surface area contributed by atoms with Gasteiger partial charge in [-0.05, 0) is 42.0 Å². The van der Waals surface area contributed by atoms with E-state index in [1.54, 1.807) is 12.3 Å². The number of aromatic nitrogens is 1. The molecule has 0 spiro atoms. The van der Waals surface area contributed by atoms with Crippen LogP contribution in [0.3, 0.4) is 0 Å². The zero-order valence-electron chi connectivity index (χ0n) is 17.0. The quantitative estimate of drug-likeness (QED) is 0.305. The van der Waals surface area contributed by atoms with Crippen LogP contribution in [0.5, 0.6) is 0 Å². The van der Waals surface area contributed by atoms with Gasteiger partial charge in [0.25, 0.3) is 11.8 Å². The number of amides is 2. The van der Waals surface area contributed by atoms with Gasteiger partial charge in [-0.3, -0.25) is 9.59 Å². The van der Waals surface area contributed by atoms with Gasteiger partial charge in [-0.25, -0.2) is 0 Å². The lowest BCUT2D eigenvalue weighted by Gasteiger charge is -2.13. The molecule has 5 nitrogen and oxygen atoms in total. The first-order valence-electron chi connectivity index (χ1n) is 10.6. The monoisotopic (exact) mass is 463 g/mol. The molecule has 1 saturated carbocycles. The minimum Gasteiger partial charge on any atom is -0.342 e. The Morgan fingerprint density at radius 3 is 2.41 bits per heavy atom. The first-order valence-corrected chi connectivity index (χ1v) is 11.4. The molecule has 2 bridgehead atoms. The maximum atomic E-state index is 12.9. The van der Waals surface area contributed by atoms with Crippen molar-refractivity contribution in [1.82, 2.24) is 9.58 Å². The van der Waals surface area contributed by atoms with Crippen LogP contribution >= 0.6 is 23.2 Å². The van der Waals surface area contributed by atoms with Gasteiger partial charge in [0.05, 0.1) is 28.1 Å². The second-order valence-corrected chi connectivity index (χ2v) is 9.53. The summed E-state index contributed by atoms with van der Waals surface area (Å²) < 4.78 is 2.10. The summed E-state index contributed by atoms with van der Waals surface area (Å²) in [7, 11) is 0. The predicted molar refractivity (Wildman–Crippen MR) is 125 cm³/mol. The lowest BCUT2D eigenvalue weighted by atomic mass is 9.85. The van der Waals surface area contributed by atoms with E-state index in [-0.39, 0.29) is 35.5 Å². The molecular weight excluding hydrogens is 445 g/mol. The molecule has 2 fully saturated rings. The highest BCUT2D eigenvalue weighted by molar-refractivity contribution is 6.42. The van der Waals surface area contributed by atoms with Crippen molar-refractivity contribution in [2.45, 2.75) is 13.0 Å². The molecule has 1 aromatic heterocycles. The highest BCUT2D eigenvalue weighted by atomic mass is 35.5. The topological polar surface area (TPSA) is 54.7 Å². The third-order valence-corrected chi connectivity index (χ3v) is 7.65. The van der Waals surface area contributed by atoms with E-state index in [4.69, 9.17) is 23.2 Å². The molecule has 0 radical (unpaired) electrons. The lowest BCUT2D eigenvalue weighted by molar-refractivity contribution is -0.140. The van der Waals surface area contributed by atoms with Crippen LogP contribution in [0.25, 0.3) is 10.9 Å².